The van der Waals surface area contributed by atoms with Crippen LogP contribution in [0.5, 0.6) is 0 Å². The summed E-state index contributed by atoms with van der Waals surface area (Å²) in [7, 11) is 0. The number of anilines is 2. The van der Waals surface area contributed by atoms with Crippen molar-refractivity contribution >= 4 is 39.7 Å². The van der Waals surface area contributed by atoms with Gasteiger partial charge in [0.2, 0.25) is 11.8 Å². The number of nitrogens with one attached hydrogen (secondary N) is 1. The predicted octanol–water partition coefficient (Wildman–Crippen LogP) is 6.72. The lowest BCUT2D eigenvalue weighted by Gasteiger charge is -2.31. The zero-order chi connectivity index (χ0) is 25.3. The Morgan fingerprint density at radius 1 is 1.03 bits per heavy atom. The Morgan fingerprint density at radius 3 is 2.61 bits per heavy atom. The zero-order valence-electron chi connectivity index (χ0n) is 19.4. The summed E-state index contributed by atoms with van der Waals surface area (Å²) < 4.78 is 40.5. The van der Waals surface area contributed by atoms with Gasteiger partial charge >= 0.3 is 6.18 Å². The van der Waals surface area contributed by atoms with Crippen LogP contribution in [0.15, 0.2) is 73.1 Å². The Hall–Kier alpha value is -3.94. The second kappa shape index (κ2) is 9.60. The van der Waals surface area contributed by atoms with Crippen molar-refractivity contribution in [3.05, 3.63) is 84.2 Å². The number of carbonyl (C=O) groups excluding carboxylic acids is 2. The number of rotatable bonds is 3. The van der Waals surface area contributed by atoms with Gasteiger partial charge in [0.05, 0.1) is 16.8 Å². The Kier molecular flexibility index (Phi) is 6.35. The highest BCUT2D eigenvalue weighted by Gasteiger charge is 2.34. The van der Waals surface area contributed by atoms with Gasteiger partial charge in [-0.2, -0.15) is 13.2 Å². The lowest BCUT2D eigenvalue weighted by molar-refractivity contribution is -0.137. The topological polar surface area (TPSA) is 62.3 Å². The molecule has 3 aromatic rings. The molecular formula is C28H24F3N3O2. The predicted molar refractivity (Wildman–Crippen MR) is 133 cm³/mol. The lowest BCUT2D eigenvalue weighted by Crippen LogP contribution is -2.35. The van der Waals surface area contributed by atoms with Gasteiger partial charge in [0, 0.05) is 41.0 Å². The number of halogens is 3. The zero-order valence-corrected chi connectivity index (χ0v) is 19.4. The van der Waals surface area contributed by atoms with Crippen molar-refractivity contribution in [1.82, 2.24) is 4.98 Å². The molecule has 0 saturated heterocycles. The van der Waals surface area contributed by atoms with E-state index in [9.17, 15) is 22.8 Å². The van der Waals surface area contributed by atoms with Gasteiger partial charge in [0.25, 0.3) is 0 Å². The van der Waals surface area contributed by atoms with E-state index in [0.717, 1.165) is 55.1 Å². The number of amides is 2. The maximum absolute atomic E-state index is 13.5. The molecule has 0 radical (unpaired) electrons. The average Bonchev–Trinajstić information content (AvgIpc) is 2.88. The standard InChI is InChI=1S/C28H24F3N3O2/c29-28(30,31)21-9-11-23-20(12-14-34(25(23)16-21)27(36)19-5-2-1-3-6-19)15-26(35)33-22-10-8-18-7-4-13-32-24(18)17-22/h4,7-17,19H,1-3,5-6H2,(H,33,35). The van der Waals surface area contributed by atoms with E-state index in [2.05, 4.69) is 10.3 Å². The normalized spacial score (nSPS) is 17.3. The molecule has 184 valence electrons. The van der Waals surface area contributed by atoms with E-state index in [0.29, 0.717) is 16.8 Å². The molecule has 1 aliphatic carbocycles. The molecular weight excluding hydrogens is 467 g/mol. The van der Waals surface area contributed by atoms with Crippen molar-refractivity contribution in [3.63, 3.8) is 0 Å². The molecule has 0 unspecified atom stereocenters. The minimum atomic E-state index is -4.55. The fourth-order valence-corrected chi connectivity index (χ4v) is 4.80. The second-order valence-electron chi connectivity index (χ2n) is 9.09. The number of hydrogen-bond acceptors (Lipinski definition) is 3. The van der Waals surface area contributed by atoms with Crippen LogP contribution < -0.4 is 10.2 Å². The molecule has 8 heteroatoms. The molecule has 2 heterocycles. The number of carbonyl (C=O) groups is 2. The molecule has 5 nitrogen and oxygen atoms in total. The molecule has 2 aliphatic rings. The molecule has 1 aliphatic heterocycles. The maximum Gasteiger partial charge on any atom is 0.416 e. The minimum absolute atomic E-state index is 0.136. The van der Waals surface area contributed by atoms with Gasteiger partial charge in [0.15, 0.2) is 0 Å². The first-order valence-electron chi connectivity index (χ1n) is 11.9. The van der Waals surface area contributed by atoms with Crippen LogP contribution in [-0.4, -0.2) is 16.8 Å². The molecule has 1 fully saturated rings. The SMILES string of the molecule is O=C(C=C1C=CN(C(=O)C2CCCCC2)c2cc(C(F)(F)F)ccc21)Nc1ccc2cccnc2c1. The van der Waals surface area contributed by atoms with Gasteiger partial charge < -0.3 is 5.32 Å². The van der Waals surface area contributed by atoms with Crippen molar-refractivity contribution in [1.29, 1.82) is 0 Å². The van der Waals surface area contributed by atoms with Crippen molar-refractivity contribution in [2.45, 2.75) is 38.3 Å². The van der Waals surface area contributed by atoms with Crippen LogP contribution in [0.2, 0.25) is 0 Å². The number of alkyl halides is 3. The summed E-state index contributed by atoms with van der Waals surface area (Å²) in [5.74, 6) is -0.873. The molecule has 2 amide bonds. The molecule has 1 saturated carbocycles. The van der Waals surface area contributed by atoms with E-state index in [1.807, 2.05) is 18.2 Å². The van der Waals surface area contributed by atoms with Gasteiger partial charge in [-0.05, 0) is 54.8 Å². The summed E-state index contributed by atoms with van der Waals surface area (Å²) in [5.41, 5.74) is 1.38. The highest BCUT2D eigenvalue weighted by molar-refractivity contribution is 6.09. The van der Waals surface area contributed by atoms with Crippen molar-refractivity contribution < 1.29 is 22.8 Å². The third-order valence-corrected chi connectivity index (χ3v) is 6.65. The molecule has 2 aromatic carbocycles. The first-order chi connectivity index (χ1) is 17.3. The van der Waals surface area contributed by atoms with Crippen LogP contribution in [0.1, 0.15) is 43.2 Å². The monoisotopic (exact) mass is 491 g/mol. The van der Waals surface area contributed by atoms with Gasteiger partial charge in [-0.25, -0.2) is 0 Å². The molecule has 0 bridgehead atoms. The van der Waals surface area contributed by atoms with E-state index in [1.54, 1.807) is 24.4 Å². The quantitative estimate of drug-likeness (QED) is 0.414. The number of hydrogen-bond donors (Lipinski definition) is 1. The van der Waals surface area contributed by atoms with Crippen molar-refractivity contribution in [3.8, 4) is 0 Å². The van der Waals surface area contributed by atoms with Gasteiger partial charge in [-0.1, -0.05) is 37.5 Å². The fourth-order valence-electron chi connectivity index (χ4n) is 4.80. The summed E-state index contributed by atoms with van der Waals surface area (Å²) in [6.45, 7) is 0. The highest BCUT2D eigenvalue weighted by Crippen LogP contribution is 2.40. The number of benzene rings is 2. The molecule has 0 atom stereocenters. The molecule has 0 spiro atoms. The Bertz CT molecular complexity index is 1390. The van der Waals surface area contributed by atoms with E-state index >= 15 is 0 Å². The first-order valence-corrected chi connectivity index (χ1v) is 11.9. The van der Waals surface area contributed by atoms with E-state index in [1.165, 1.54) is 23.2 Å². The maximum atomic E-state index is 13.5. The van der Waals surface area contributed by atoms with Crippen molar-refractivity contribution in [2.75, 3.05) is 10.2 Å². The van der Waals surface area contributed by atoms with Crippen LogP contribution in [-0.2, 0) is 15.8 Å². The van der Waals surface area contributed by atoms with E-state index in [4.69, 9.17) is 0 Å². The lowest BCUT2D eigenvalue weighted by atomic mass is 9.87. The second-order valence-corrected chi connectivity index (χ2v) is 9.09. The largest absolute Gasteiger partial charge is 0.416 e. The number of aromatic nitrogens is 1. The van der Waals surface area contributed by atoms with Crippen LogP contribution in [0, 0.1) is 5.92 Å². The van der Waals surface area contributed by atoms with Crippen LogP contribution in [0.25, 0.3) is 16.5 Å². The number of nitrogens with zero attached hydrogens (tertiary/aromatic N) is 2. The minimum Gasteiger partial charge on any atom is -0.322 e. The van der Waals surface area contributed by atoms with E-state index < -0.39 is 17.6 Å². The van der Waals surface area contributed by atoms with Crippen LogP contribution >= 0.6 is 0 Å². The summed E-state index contributed by atoms with van der Waals surface area (Å²) in [5, 5.41) is 3.72. The van der Waals surface area contributed by atoms with Gasteiger partial charge in [-0.15, -0.1) is 0 Å². The Morgan fingerprint density at radius 2 is 1.83 bits per heavy atom. The fraction of sp³-hybridized carbons (Fsp3) is 0.250. The molecule has 36 heavy (non-hydrogen) atoms. The summed E-state index contributed by atoms with van der Waals surface area (Å²) >= 11 is 0. The molecule has 1 N–H and O–H groups in total. The van der Waals surface area contributed by atoms with Crippen molar-refractivity contribution in [2.24, 2.45) is 5.92 Å². The number of fused-ring (bicyclic) bond motifs is 2. The summed E-state index contributed by atoms with van der Waals surface area (Å²) in [4.78, 5) is 31.6. The Labute approximate surface area is 206 Å². The third-order valence-electron chi connectivity index (χ3n) is 6.65. The number of pyridine rings is 1. The average molecular weight is 492 g/mol. The summed E-state index contributed by atoms with van der Waals surface area (Å²) in [6.07, 6.45) is 5.87. The number of allylic oxidation sites excluding steroid dienone is 2. The van der Waals surface area contributed by atoms with Crippen LogP contribution in [0.3, 0.4) is 0 Å². The van der Waals surface area contributed by atoms with Crippen LogP contribution in [0.4, 0.5) is 24.5 Å². The summed E-state index contributed by atoms with van der Waals surface area (Å²) in [6, 6.07) is 12.4. The molecule has 5 rings (SSSR count). The smallest absolute Gasteiger partial charge is 0.322 e. The first kappa shape index (κ1) is 23.8. The van der Waals surface area contributed by atoms with Gasteiger partial charge in [0.1, 0.15) is 0 Å². The molecule has 1 aromatic heterocycles. The highest BCUT2D eigenvalue weighted by atomic mass is 19.4. The third kappa shape index (κ3) is 4.89. The Balaban J connectivity index is 1.46. The van der Waals surface area contributed by atoms with E-state index in [-0.39, 0.29) is 17.5 Å². The van der Waals surface area contributed by atoms with Gasteiger partial charge in [-0.3, -0.25) is 19.5 Å².